The zero-order valence-electron chi connectivity index (χ0n) is 14.2. The molecule has 0 radical (unpaired) electrons. The van der Waals surface area contributed by atoms with Gasteiger partial charge in [-0.1, -0.05) is 17.2 Å². The fourth-order valence-corrected chi connectivity index (χ4v) is 2.35. The quantitative estimate of drug-likeness (QED) is 0.730. The fraction of sp³-hybridized carbons (Fsp3) is 0.167. The first-order chi connectivity index (χ1) is 12.6. The minimum Gasteiger partial charge on any atom is -0.497 e. The smallest absolute Gasteiger partial charge is 0.322 e. The molecule has 1 N–H and O–H groups in total. The van der Waals surface area contributed by atoms with E-state index in [4.69, 9.17) is 13.9 Å². The summed E-state index contributed by atoms with van der Waals surface area (Å²) in [4.78, 5) is 12.2. The van der Waals surface area contributed by atoms with Gasteiger partial charge in [-0.3, -0.25) is 10.1 Å². The highest BCUT2D eigenvalue weighted by atomic mass is 19.1. The van der Waals surface area contributed by atoms with Gasteiger partial charge in [-0.05, 0) is 24.3 Å². The normalized spacial score (nSPS) is 10.4. The largest absolute Gasteiger partial charge is 0.497 e. The zero-order valence-corrected chi connectivity index (χ0v) is 14.2. The number of ether oxygens (including phenoxy) is 2. The number of hydrogen-bond donors (Lipinski definition) is 1. The van der Waals surface area contributed by atoms with Gasteiger partial charge in [0.25, 0.3) is 0 Å². The second-order valence-electron chi connectivity index (χ2n) is 5.33. The minimum absolute atomic E-state index is 0.0465. The molecule has 3 aromatic rings. The average Bonchev–Trinajstić information content (AvgIpc) is 3.10. The zero-order chi connectivity index (χ0) is 18.5. The molecule has 3 rings (SSSR count). The molecule has 0 aliphatic rings. The van der Waals surface area contributed by atoms with Gasteiger partial charge in [-0.2, -0.15) is 0 Å². The molecule has 0 aliphatic carbocycles. The van der Waals surface area contributed by atoms with Crippen LogP contribution in [0.25, 0.3) is 11.5 Å². The highest BCUT2D eigenvalue weighted by molar-refractivity contribution is 5.90. The van der Waals surface area contributed by atoms with Gasteiger partial charge in [-0.25, -0.2) is 4.39 Å². The lowest BCUT2D eigenvalue weighted by Crippen LogP contribution is -2.15. The van der Waals surface area contributed by atoms with Crippen molar-refractivity contribution in [1.29, 1.82) is 0 Å². The van der Waals surface area contributed by atoms with Crippen LogP contribution in [0.4, 0.5) is 10.4 Å². The number of nitrogens with zero attached hydrogens (tertiary/aromatic N) is 2. The third-order valence-electron chi connectivity index (χ3n) is 3.59. The van der Waals surface area contributed by atoms with Gasteiger partial charge >= 0.3 is 6.01 Å². The first-order valence-corrected chi connectivity index (χ1v) is 7.69. The number of aromatic nitrogens is 2. The van der Waals surface area contributed by atoms with Crippen LogP contribution < -0.4 is 14.8 Å². The Bertz CT molecular complexity index is 926. The molecule has 1 aromatic heterocycles. The van der Waals surface area contributed by atoms with Crippen molar-refractivity contribution in [1.82, 2.24) is 10.2 Å². The van der Waals surface area contributed by atoms with E-state index < -0.39 is 5.82 Å². The maximum atomic E-state index is 13.3. The molecule has 0 aliphatic heterocycles. The Morgan fingerprint density at radius 1 is 1.15 bits per heavy atom. The lowest BCUT2D eigenvalue weighted by Gasteiger charge is -2.09. The van der Waals surface area contributed by atoms with Crippen molar-refractivity contribution < 1.29 is 23.1 Å². The standard InChI is InChI=1S/C18H16FN3O4/c1-24-14-7-6-11(15(10-14)25-2)9-16(23)20-18-22-21-17(26-18)12-4-3-5-13(19)8-12/h3-8,10H,9H2,1-2H3,(H,20,22,23). The SMILES string of the molecule is COc1ccc(CC(=O)Nc2nnc(-c3cccc(F)c3)o2)c(OC)c1. The van der Waals surface area contributed by atoms with Gasteiger partial charge in [0, 0.05) is 17.2 Å². The summed E-state index contributed by atoms with van der Waals surface area (Å²) in [5, 5.41) is 10.1. The monoisotopic (exact) mass is 357 g/mol. The number of nitrogens with one attached hydrogen (secondary N) is 1. The predicted octanol–water partition coefficient (Wildman–Crippen LogP) is 3.07. The molecule has 0 fully saturated rings. The summed E-state index contributed by atoms with van der Waals surface area (Å²) >= 11 is 0. The number of rotatable bonds is 6. The van der Waals surface area contributed by atoms with Crippen LogP contribution in [0.5, 0.6) is 11.5 Å². The van der Waals surface area contributed by atoms with Crippen LogP contribution in [0.15, 0.2) is 46.9 Å². The van der Waals surface area contributed by atoms with Crippen LogP contribution in [0, 0.1) is 5.82 Å². The van der Waals surface area contributed by atoms with E-state index in [0.717, 1.165) is 0 Å². The lowest BCUT2D eigenvalue weighted by molar-refractivity contribution is -0.115. The average molecular weight is 357 g/mol. The van der Waals surface area contributed by atoms with Crippen molar-refractivity contribution in [3.63, 3.8) is 0 Å². The molecule has 0 saturated carbocycles. The molecule has 0 atom stereocenters. The van der Waals surface area contributed by atoms with Gasteiger partial charge in [0.2, 0.25) is 11.8 Å². The summed E-state index contributed by atoms with van der Waals surface area (Å²) in [6.07, 6.45) is 0.0465. The topological polar surface area (TPSA) is 86.5 Å². The van der Waals surface area contributed by atoms with Crippen LogP contribution in [-0.4, -0.2) is 30.3 Å². The molecule has 0 saturated heterocycles. The van der Waals surface area contributed by atoms with Crippen molar-refractivity contribution in [2.24, 2.45) is 0 Å². The van der Waals surface area contributed by atoms with Gasteiger partial charge in [0.05, 0.1) is 20.6 Å². The van der Waals surface area contributed by atoms with Gasteiger partial charge < -0.3 is 13.9 Å². The van der Waals surface area contributed by atoms with Crippen LogP contribution >= 0.6 is 0 Å². The van der Waals surface area contributed by atoms with Crippen molar-refractivity contribution >= 4 is 11.9 Å². The van der Waals surface area contributed by atoms with Gasteiger partial charge in [0.1, 0.15) is 17.3 Å². The number of methoxy groups -OCH3 is 2. The highest BCUT2D eigenvalue weighted by Crippen LogP contribution is 2.25. The van der Waals surface area contributed by atoms with E-state index in [0.29, 0.717) is 22.6 Å². The second kappa shape index (κ2) is 7.64. The fourth-order valence-electron chi connectivity index (χ4n) is 2.35. The van der Waals surface area contributed by atoms with Crippen molar-refractivity contribution in [2.75, 3.05) is 19.5 Å². The number of benzene rings is 2. The molecule has 0 bridgehead atoms. The first kappa shape index (κ1) is 17.4. The van der Waals surface area contributed by atoms with Gasteiger partial charge in [0.15, 0.2) is 0 Å². The Labute approximate surface area is 148 Å². The maximum absolute atomic E-state index is 13.3. The third kappa shape index (κ3) is 3.97. The summed E-state index contributed by atoms with van der Waals surface area (Å²) in [6.45, 7) is 0. The van der Waals surface area contributed by atoms with E-state index >= 15 is 0 Å². The Balaban J connectivity index is 1.69. The highest BCUT2D eigenvalue weighted by Gasteiger charge is 2.14. The summed E-state index contributed by atoms with van der Waals surface area (Å²) in [6, 6.07) is 10.8. The first-order valence-electron chi connectivity index (χ1n) is 7.69. The number of carbonyl (C=O) groups excluding carboxylic acids is 1. The van der Waals surface area contributed by atoms with E-state index in [1.807, 2.05) is 0 Å². The summed E-state index contributed by atoms with van der Waals surface area (Å²) in [5.41, 5.74) is 1.10. The Morgan fingerprint density at radius 2 is 2.00 bits per heavy atom. The van der Waals surface area contributed by atoms with Crippen molar-refractivity contribution in [3.05, 3.63) is 53.8 Å². The van der Waals surface area contributed by atoms with E-state index in [9.17, 15) is 9.18 Å². The number of carbonyl (C=O) groups is 1. The van der Waals surface area contributed by atoms with Crippen molar-refractivity contribution in [2.45, 2.75) is 6.42 Å². The third-order valence-corrected chi connectivity index (χ3v) is 3.59. The second-order valence-corrected chi connectivity index (χ2v) is 5.33. The maximum Gasteiger partial charge on any atom is 0.322 e. The van der Waals surface area contributed by atoms with Crippen LogP contribution in [0.2, 0.25) is 0 Å². The molecule has 26 heavy (non-hydrogen) atoms. The molecular formula is C18H16FN3O4. The van der Waals surface area contributed by atoms with Crippen molar-refractivity contribution in [3.8, 4) is 23.0 Å². The molecule has 0 spiro atoms. The van der Waals surface area contributed by atoms with E-state index in [2.05, 4.69) is 15.5 Å². The molecule has 8 heteroatoms. The van der Waals surface area contributed by atoms with E-state index in [-0.39, 0.29) is 24.2 Å². The van der Waals surface area contributed by atoms with E-state index in [1.54, 1.807) is 31.4 Å². The summed E-state index contributed by atoms with van der Waals surface area (Å²) in [7, 11) is 3.06. The number of halogens is 1. The Kier molecular flexibility index (Phi) is 5.12. The number of amides is 1. The molecule has 0 unspecified atom stereocenters. The lowest BCUT2D eigenvalue weighted by atomic mass is 10.1. The van der Waals surface area contributed by atoms with Gasteiger partial charge in [-0.15, -0.1) is 5.10 Å². The number of anilines is 1. The number of hydrogen-bond acceptors (Lipinski definition) is 6. The summed E-state index contributed by atoms with van der Waals surface area (Å²) < 4.78 is 29.0. The molecule has 1 heterocycles. The molecule has 2 aromatic carbocycles. The molecule has 134 valence electrons. The molecular weight excluding hydrogens is 341 g/mol. The van der Waals surface area contributed by atoms with E-state index in [1.165, 1.54) is 25.3 Å². The van der Waals surface area contributed by atoms with Crippen LogP contribution in [0.1, 0.15) is 5.56 Å². The molecule has 1 amide bonds. The van der Waals surface area contributed by atoms with Crippen LogP contribution in [0.3, 0.4) is 0 Å². The minimum atomic E-state index is -0.419. The predicted molar refractivity (Wildman–Crippen MR) is 91.6 cm³/mol. The molecule has 7 nitrogen and oxygen atoms in total. The Morgan fingerprint density at radius 3 is 2.73 bits per heavy atom. The van der Waals surface area contributed by atoms with Crippen LogP contribution in [-0.2, 0) is 11.2 Å². The Hall–Kier alpha value is -3.42. The summed E-state index contributed by atoms with van der Waals surface area (Å²) in [5.74, 6) is 0.496.